The van der Waals surface area contributed by atoms with Gasteiger partial charge >= 0.3 is 5.97 Å². The second-order valence-corrected chi connectivity index (χ2v) is 7.64. The fourth-order valence-electron chi connectivity index (χ4n) is 1.76. The molecule has 1 heterocycles. The lowest BCUT2D eigenvalue weighted by Gasteiger charge is -2.19. The highest BCUT2D eigenvalue weighted by Crippen LogP contribution is 2.34. The van der Waals surface area contributed by atoms with E-state index >= 15 is 0 Å². The topological polar surface area (TPSA) is 59.4 Å². The predicted octanol–water partition coefficient (Wildman–Crippen LogP) is 4.90. The lowest BCUT2D eigenvalue weighted by molar-refractivity contribution is 0.0701. The van der Waals surface area contributed by atoms with Crippen LogP contribution >= 0.6 is 22.9 Å². The lowest BCUT2D eigenvalue weighted by atomic mass is 9.99. The van der Waals surface area contributed by atoms with Crippen molar-refractivity contribution < 1.29 is 14.6 Å². The molecule has 22 heavy (non-hydrogen) atoms. The molecule has 6 heteroatoms. The molecular formula is C16H18ClNO3S. The van der Waals surface area contributed by atoms with E-state index in [1.54, 1.807) is 19.1 Å². The number of aromatic nitrogens is 1. The van der Waals surface area contributed by atoms with Gasteiger partial charge in [0.2, 0.25) is 0 Å². The third-order valence-corrected chi connectivity index (χ3v) is 4.32. The molecule has 1 aromatic heterocycles. The van der Waals surface area contributed by atoms with Gasteiger partial charge in [-0.15, -0.1) is 11.3 Å². The van der Waals surface area contributed by atoms with Gasteiger partial charge in [-0.25, -0.2) is 9.78 Å². The molecule has 0 aliphatic heterocycles. The van der Waals surface area contributed by atoms with Gasteiger partial charge in [0.05, 0.1) is 17.3 Å². The summed E-state index contributed by atoms with van der Waals surface area (Å²) < 4.78 is 5.72. The summed E-state index contributed by atoms with van der Waals surface area (Å²) >= 11 is 7.40. The zero-order valence-corrected chi connectivity index (χ0v) is 14.5. The molecule has 0 atom stereocenters. The van der Waals surface area contributed by atoms with Gasteiger partial charge < -0.3 is 9.84 Å². The standard InChI is InChI=1S/C16H18ClNO3S/c1-9-13(15(19)20)22-14(18-9)10-5-6-12(11(17)7-10)21-8-16(2,3)4/h5-7H,8H2,1-4H3,(H,19,20). The van der Waals surface area contributed by atoms with Crippen molar-refractivity contribution in [2.24, 2.45) is 5.41 Å². The van der Waals surface area contributed by atoms with Crippen molar-refractivity contribution in [3.8, 4) is 16.3 Å². The highest BCUT2D eigenvalue weighted by Gasteiger charge is 2.17. The van der Waals surface area contributed by atoms with Crippen molar-refractivity contribution in [1.29, 1.82) is 0 Å². The van der Waals surface area contributed by atoms with Crippen molar-refractivity contribution in [1.82, 2.24) is 4.98 Å². The Balaban J connectivity index is 2.26. The summed E-state index contributed by atoms with van der Waals surface area (Å²) in [6, 6.07) is 5.39. The van der Waals surface area contributed by atoms with Gasteiger partial charge in [-0.05, 0) is 30.5 Å². The molecule has 0 amide bonds. The number of hydrogen-bond acceptors (Lipinski definition) is 4. The molecule has 2 aromatic rings. The quantitative estimate of drug-likeness (QED) is 0.861. The van der Waals surface area contributed by atoms with Crippen LogP contribution in [0.4, 0.5) is 0 Å². The molecule has 0 spiro atoms. The Hall–Kier alpha value is -1.59. The smallest absolute Gasteiger partial charge is 0.347 e. The number of thiazole rings is 1. The van der Waals surface area contributed by atoms with Crippen LogP contribution in [0.15, 0.2) is 18.2 Å². The van der Waals surface area contributed by atoms with Crippen LogP contribution in [0.1, 0.15) is 36.1 Å². The Bertz CT molecular complexity index is 704. The SMILES string of the molecule is Cc1nc(-c2ccc(OCC(C)(C)C)c(Cl)c2)sc1C(=O)O. The van der Waals surface area contributed by atoms with Gasteiger partial charge in [0.25, 0.3) is 0 Å². The van der Waals surface area contributed by atoms with E-state index in [4.69, 9.17) is 21.4 Å². The van der Waals surface area contributed by atoms with Crippen LogP contribution in [-0.4, -0.2) is 22.7 Å². The average molecular weight is 340 g/mol. The maximum Gasteiger partial charge on any atom is 0.347 e. The van der Waals surface area contributed by atoms with E-state index < -0.39 is 5.97 Å². The summed E-state index contributed by atoms with van der Waals surface area (Å²) in [5.41, 5.74) is 1.34. The number of hydrogen-bond donors (Lipinski definition) is 1. The van der Waals surface area contributed by atoms with Gasteiger partial charge in [-0.3, -0.25) is 0 Å². The number of nitrogens with zero attached hydrogens (tertiary/aromatic N) is 1. The monoisotopic (exact) mass is 339 g/mol. The molecule has 0 saturated carbocycles. The van der Waals surface area contributed by atoms with E-state index in [0.29, 0.717) is 28.1 Å². The van der Waals surface area contributed by atoms with Crippen molar-refractivity contribution in [3.05, 3.63) is 33.8 Å². The summed E-state index contributed by atoms with van der Waals surface area (Å²) in [6.45, 7) is 8.50. The first-order valence-corrected chi connectivity index (χ1v) is 8.00. The summed E-state index contributed by atoms with van der Waals surface area (Å²) in [5.74, 6) is -0.343. The van der Waals surface area contributed by atoms with Gasteiger partial charge in [-0.2, -0.15) is 0 Å². The molecule has 118 valence electrons. The van der Waals surface area contributed by atoms with E-state index in [1.807, 2.05) is 6.07 Å². The fourth-order valence-corrected chi connectivity index (χ4v) is 2.90. The predicted molar refractivity (Wildman–Crippen MR) is 89.2 cm³/mol. The van der Waals surface area contributed by atoms with E-state index in [9.17, 15) is 4.79 Å². The first kappa shape index (κ1) is 16.8. The largest absolute Gasteiger partial charge is 0.491 e. The number of carboxylic acid groups (broad SMARTS) is 1. The van der Waals surface area contributed by atoms with Gasteiger partial charge in [0.15, 0.2) is 0 Å². The Morgan fingerprint density at radius 1 is 1.41 bits per heavy atom. The highest BCUT2D eigenvalue weighted by atomic mass is 35.5. The summed E-state index contributed by atoms with van der Waals surface area (Å²) in [5, 5.41) is 10.2. The molecular weight excluding hydrogens is 322 g/mol. The summed E-state index contributed by atoms with van der Waals surface area (Å²) in [4.78, 5) is 15.6. The number of halogens is 1. The van der Waals surface area contributed by atoms with Crippen molar-refractivity contribution in [3.63, 3.8) is 0 Å². The molecule has 0 radical (unpaired) electrons. The van der Waals surface area contributed by atoms with E-state index in [2.05, 4.69) is 25.8 Å². The Morgan fingerprint density at radius 3 is 2.59 bits per heavy atom. The minimum Gasteiger partial charge on any atom is -0.491 e. The van der Waals surface area contributed by atoms with Crippen LogP contribution < -0.4 is 4.74 Å². The number of carbonyl (C=O) groups is 1. The van der Waals surface area contributed by atoms with Crippen molar-refractivity contribution in [2.75, 3.05) is 6.61 Å². The second kappa shape index (κ2) is 6.26. The first-order valence-electron chi connectivity index (χ1n) is 6.81. The zero-order valence-electron chi connectivity index (χ0n) is 12.9. The van der Waals surface area contributed by atoms with E-state index in [0.717, 1.165) is 16.9 Å². The zero-order chi connectivity index (χ0) is 16.5. The van der Waals surface area contributed by atoms with Gasteiger partial charge in [-0.1, -0.05) is 32.4 Å². The van der Waals surface area contributed by atoms with Crippen LogP contribution in [0.25, 0.3) is 10.6 Å². The number of carboxylic acids is 1. The van der Waals surface area contributed by atoms with Crippen LogP contribution in [-0.2, 0) is 0 Å². The summed E-state index contributed by atoms with van der Waals surface area (Å²) in [6.07, 6.45) is 0. The lowest BCUT2D eigenvalue weighted by Crippen LogP contribution is -2.16. The molecule has 0 bridgehead atoms. The maximum atomic E-state index is 11.1. The first-order chi connectivity index (χ1) is 10.2. The molecule has 1 aromatic carbocycles. The highest BCUT2D eigenvalue weighted by molar-refractivity contribution is 7.17. The van der Waals surface area contributed by atoms with Crippen LogP contribution in [0, 0.1) is 12.3 Å². The molecule has 0 fully saturated rings. The third-order valence-electron chi connectivity index (χ3n) is 2.83. The van der Waals surface area contributed by atoms with Crippen molar-refractivity contribution >= 4 is 28.9 Å². The van der Waals surface area contributed by atoms with Gasteiger partial charge in [0, 0.05) is 5.56 Å². The Kier molecular flexibility index (Phi) is 4.78. The molecule has 4 nitrogen and oxygen atoms in total. The second-order valence-electron chi connectivity index (χ2n) is 6.23. The molecule has 1 N–H and O–H groups in total. The maximum absolute atomic E-state index is 11.1. The van der Waals surface area contributed by atoms with Crippen LogP contribution in [0.2, 0.25) is 5.02 Å². The van der Waals surface area contributed by atoms with Crippen LogP contribution in [0.5, 0.6) is 5.75 Å². The average Bonchev–Trinajstić information content (AvgIpc) is 2.78. The number of aryl methyl sites for hydroxylation is 1. The number of benzene rings is 1. The minimum atomic E-state index is -0.961. The van der Waals surface area contributed by atoms with E-state index in [-0.39, 0.29) is 10.3 Å². The molecule has 0 saturated heterocycles. The molecule has 0 aliphatic rings. The van der Waals surface area contributed by atoms with E-state index in [1.165, 1.54) is 0 Å². The number of ether oxygens (including phenoxy) is 1. The Morgan fingerprint density at radius 2 is 2.09 bits per heavy atom. The molecule has 2 rings (SSSR count). The normalized spacial score (nSPS) is 11.5. The summed E-state index contributed by atoms with van der Waals surface area (Å²) in [7, 11) is 0. The number of aromatic carboxylic acids is 1. The third kappa shape index (κ3) is 3.99. The van der Waals surface area contributed by atoms with Crippen LogP contribution in [0.3, 0.4) is 0 Å². The van der Waals surface area contributed by atoms with Crippen molar-refractivity contribution in [2.45, 2.75) is 27.7 Å². The molecule has 0 aliphatic carbocycles. The molecule has 0 unspecified atom stereocenters. The Labute approximate surface area is 138 Å². The van der Waals surface area contributed by atoms with Gasteiger partial charge in [0.1, 0.15) is 15.6 Å². The number of rotatable bonds is 4. The fraction of sp³-hybridized carbons (Fsp3) is 0.375. The minimum absolute atomic E-state index is 0.0464.